The fraction of sp³-hybridized carbons (Fsp3) is 0.222. The molecule has 0 aliphatic rings. The number of benzene rings is 1. The number of nitrogens with two attached hydrogens (primary N) is 1. The third kappa shape index (κ3) is 1.40. The van der Waals surface area contributed by atoms with Crippen LogP contribution in [0.5, 0.6) is 0 Å². The molecule has 0 unspecified atom stereocenters. The van der Waals surface area contributed by atoms with Gasteiger partial charge < -0.3 is 5.73 Å². The Morgan fingerprint density at radius 3 is 2.45 bits per heavy atom. The molecule has 58 valence electrons. The van der Waals surface area contributed by atoms with Crippen molar-refractivity contribution in [3.05, 3.63) is 34.9 Å². The van der Waals surface area contributed by atoms with E-state index in [1.807, 2.05) is 32.0 Å². The number of hydrogen-bond donors (Lipinski definition) is 2. The zero-order valence-corrected chi connectivity index (χ0v) is 6.81. The summed E-state index contributed by atoms with van der Waals surface area (Å²) in [5.41, 5.74) is 8.48. The van der Waals surface area contributed by atoms with Gasteiger partial charge >= 0.3 is 0 Å². The number of rotatable bonds is 1. The molecule has 0 heterocycles. The van der Waals surface area contributed by atoms with Gasteiger partial charge in [0.05, 0.1) is 0 Å². The van der Waals surface area contributed by atoms with Crippen molar-refractivity contribution in [2.24, 2.45) is 5.73 Å². The topological polar surface area (TPSA) is 49.9 Å². The molecule has 0 radical (unpaired) electrons. The Balaban J connectivity index is 3.27. The minimum absolute atomic E-state index is 0.145. The fourth-order valence-electron chi connectivity index (χ4n) is 1.04. The van der Waals surface area contributed by atoms with Gasteiger partial charge in [-0.3, -0.25) is 5.41 Å². The van der Waals surface area contributed by atoms with Gasteiger partial charge in [0.15, 0.2) is 0 Å². The molecule has 1 rings (SSSR count). The van der Waals surface area contributed by atoms with Gasteiger partial charge in [0.1, 0.15) is 5.84 Å². The smallest absolute Gasteiger partial charge is 0.123 e. The highest BCUT2D eigenvalue weighted by Crippen LogP contribution is 2.11. The van der Waals surface area contributed by atoms with E-state index < -0.39 is 0 Å². The average Bonchev–Trinajstić information content (AvgIpc) is 1.94. The van der Waals surface area contributed by atoms with E-state index in [1.165, 1.54) is 5.56 Å². The molecule has 3 N–H and O–H groups in total. The van der Waals surface area contributed by atoms with Crippen molar-refractivity contribution < 1.29 is 0 Å². The third-order valence-electron chi connectivity index (χ3n) is 1.89. The van der Waals surface area contributed by atoms with Crippen LogP contribution in [-0.2, 0) is 0 Å². The van der Waals surface area contributed by atoms with Crippen LogP contribution in [0.4, 0.5) is 0 Å². The minimum Gasteiger partial charge on any atom is -0.384 e. The van der Waals surface area contributed by atoms with Crippen LogP contribution in [0.2, 0.25) is 0 Å². The van der Waals surface area contributed by atoms with Crippen molar-refractivity contribution in [3.63, 3.8) is 0 Å². The summed E-state index contributed by atoms with van der Waals surface area (Å²) in [6, 6.07) is 5.80. The maximum atomic E-state index is 7.25. The van der Waals surface area contributed by atoms with Gasteiger partial charge in [0.25, 0.3) is 0 Å². The lowest BCUT2D eigenvalue weighted by Gasteiger charge is -2.05. The molecular weight excluding hydrogens is 136 g/mol. The summed E-state index contributed by atoms with van der Waals surface area (Å²) in [5, 5.41) is 7.25. The molecule has 0 aliphatic carbocycles. The standard InChI is InChI=1S/C9H12N2/c1-6-4-3-5-8(7(6)2)9(10)11/h3-5H,1-2H3,(H3,10,11). The third-order valence-corrected chi connectivity index (χ3v) is 1.89. The fourth-order valence-corrected chi connectivity index (χ4v) is 1.04. The number of amidine groups is 1. The predicted molar refractivity (Wildman–Crippen MR) is 46.9 cm³/mol. The predicted octanol–water partition coefficient (Wildman–Crippen LogP) is 1.59. The SMILES string of the molecule is Cc1cccc(C(=N)N)c1C. The van der Waals surface area contributed by atoms with E-state index in [1.54, 1.807) is 0 Å². The first-order valence-electron chi connectivity index (χ1n) is 3.53. The van der Waals surface area contributed by atoms with Crippen LogP contribution in [-0.4, -0.2) is 5.84 Å². The lowest BCUT2D eigenvalue weighted by atomic mass is 10.0. The second-order valence-electron chi connectivity index (χ2n) is 2.66. The summed E-state index contributed by atoms with van der Waals surface area (Å²) in [4.78, 5) is 0. The van der Waals surface area contributed by atoms with E-state index in [2.05, 4.69) is 0 Å². The molecule has 0 spiro atoms. The zero-order chi connectivity index (χ0) is 8.43. The quantitative estimate of drug-likeness (QED) is 0.461. The van der Waals surface area contributed by atoms with Crippen LogP contribution in [0.15, 0.2) is 18.2 Å². The summed E-state index contributed by atoms with van der Waals surface area (Å²) < 4.78 is 0. The maximum Gasteiger partial charge on any atom is 0.123 e. The van der Waals surface area contributed by atoms with Gasteiger partial charge in [-0.05, 0) is 25.0 Å². The van der Waals surface area contributed by atoms with E-state index in [0.717, 1.165) is 11.1 Å². The molecule has 0 fully saturated rings. The molecule has 0 aliphatic heterocycles. The highest BCUT2D eigenvalue weighted by molar-refractivity contribution is 5.96. The van der Waals surface area contributed by atoms with Crippen LogP contribution >= 0.6 is 0 Å². The molecule has 2 nitrogen and oxygen atoms in total. The second-order valence-corrected chi connectivity index (χ2v) is 2.66. The Labute approximate surface area is 66.6 Å². The molecule has 0 saturated carbocycles. The Bertz CT molecular complexity index is 290. The summed E-state index contributed by atoms with van der Waals surface area (Å²) in [6.45, 7) is 3.99. The van der Waals surface area contributed by atoms with Crippen LogP contribution in [0.25, 0.3) is 0 Å². The molecule has 0 aromatic heterocycles. The molecule has 0 atom stereocenters. The van der Waals surface area contributed by atoms with Crippen molar-refractivity contribution in [2.75, 3.05) is 0 Å². The number of hydrogen-bond acceptors (Lipinski definition) is 1. The number of aryl methyl sites for hydroxylation is 1. The van der Waals surface area contributed by atoms with Gasteiger partial charge in [-0.25, -0.2) is 0 Å². The van der Waals surface area contributed by atoms with Crippen molar-refractivity contribution in [2.45, 2.75) is 13.8 Å². The van der Waals surface area contributed by atoms with Crippen LogP contribution in [0, 0.1) is 19.3 Å². The molecule has 11 heavy (non-hydrogen) atoms. The Morgan fingerprint density at radius 1 is 1.36 bits per heavy atom. The van der Waals surface area contributed by atoms with Gasteiger partial charge in [-0.15, -0.1) is 0 Å². The first-order chi connectivity index (χ1) is 5.13. The molecule has 0 bridgehead atoms. The first-order valence-corrected chi connectivity index (χ1v) is 3.53. The van der Waals surface area contributed by atoms with Crippen molar-refractivity contribution in [1.29, 1.82) is 5.41 Å². The van der Waals surface area contributed by atoms with Crippen LogP contribution in [0.3, 0.4) is 0 Å². The lowest BCUT2D eigenvalue weighted by Crippen LogP contribution is -2.12. The summed E-state index contributed by atoms with van der Waals surface area (Å²) in [7, 11) is 0. The molecule has 1 aromatic carbocycles. The average molecular weight is 148 g/mol. The van der Waals surface area contributed by atoms with Gasteiger partial charge in [0, 0.05) is 5.56 Å². The second kappa shape index (κ2) is 2.74. The van der Waals surface area contributed by atoms with E-state index in [-0.39, 0.29) is 5.84 Å². The number of nitrogen functional groups attached to an aromatic ring is 1. The summed E-state index contributed by atoms with van der Waals surface area (Å²) >= 11 is 0. The maximum absolute atomic E-state index is 7.25. The molecule has 0 amide bonds. The Kier molecular flexibility index (Phi) is 1.94. The Hall–Kier alpha value is -1.31. The van der Waals surface area contributed by atoms with Gasteiger partial charge in [-0.2, -0.15) is 0 Å². The van der Waals surface area contributed by atoms with Crippen LogP contribution < -0.4 is 5.73 Å². The van der Waals surface area contributed by atoms with Crippen LogP contribution in [0.1, 0.15) is 16.7 Å². The molecular formula is C9H12N2. The molecule has 0 saturated heterocycles. The van der Waals surface area contributed by atoms with E-state index >= 15 is 0 Å². The van der Waals surface area contributed by atoms with E-state index in [0.29, 0.717) is 0 Å². The van der Waals surface area contributed by atoms with Crippen molar-refractivity contribution in [1.82, 2.24) is 0 Å². The highest BCUT2D eigenvalue weighted by atomic mass is 14.7. The minimum atomic E-state index is 0.145. The van der Waals surface area contributed by atoms with E-state index in [9.17, 15) is 0 Å². The summed E-state index contributed by atoms with van der Waals surface area (Å²) in [5.74, 6) is 0.145. The van der Waals surface area contributed by atoms with Crippen molar-refractivity contribution in [3.8, 4) is 0 Å². The Morgan fingerprint density at radius 2 is 2.00 bits per heavy atom. The first kappa shape index (κ1) is 7.79. The lowest BCUT2D eigenvalue weighted by molar-refractivity contribution is 1.30. The zero-order valence-electron chi connectivity index (χ0n) is 6.81. The van der Waals surface area contributed by atoms with Crippen molar-refractivity contribution >= 4 is 5.84 Å². The number of nitrogens with one attached hydrogen (secondary N) is 1. The monoisotopic (exact) mass is 148 g/mol. The normalized spacial score (nSPS) is 9.64. The van der Waals surface area contributed by atoms with E-state index in [4.69, 9.17) is 11.1 Å². The van der Waals surface area contributed by atoms with Gasteiger partial charge in [0.2, 0.25) is 0 Å². The molecule has 2 heteroatoms. The molecule has 1 aromatic rings. The summed E-state index contributed by atoms with van der Waals surface area (Å²) in [6.07, 6.45) is 0. The largest absolute Gasteiger partial charge is 0.384 e. The highest BCUT2D eigenvalue weighted by Gasteiger charge is 2.01. The van der Waals surface area contributed by atoms with Gasteiger partial charge in [-0.1, -0.05) is 18.2 Å².